The molecule has 6 heteroatoms. The van der Waals surface area contributed by atoms with E-state index in [2.05, 4.69) is 4.74 Å². The van der Waals surface area contributed by atoms with Crippen LogP contribution >= 0.6 is 0 Å². The summed E-state index contributed by atoms with van der Waals surface area (Å²) in [6, 6.07) is -0.0417. The maximum absolute atomic E-state index is 13.6. The Labute approximate surface area is 103 Å². The fourth-order valence-electron chi connectivity index (χ4n) is 1.58. The smallest absolute Gasteiger partial charge is 0.313 e. The Kier molecular flexibility index (Phi) is 4.01. The molecule has 0 bridgehead atoms. The van der Waals surface area contributed by atoms with Gasteiger partial charge >= 0.3 is 5.97 Å². The minimum Gasteiger partial charge on any atom is -0.469 e. The van der Waals surface area contributed by atoms with Gasteiger partial charge in [0.25, 0.3) is 0 Å². The number of rotatable bonds is 3. The third kappa shape index (κ3) is 2.48. The molecule has 1 atom stereocenters. The van der Waals surface area contributed by atoms with E-state index in [1.165, 1.54) is 13.8 Å². The molecule has 100 valence electrons. The van der Waals surface area contributed by atoms with Crippen LogP contribution in [0, 0.1) is 22.9 Å². The normalized spacial score (nSPS) is 13.3. The van der Waals surface area contributed by atoms with Gasteiger partial charge in [-0.15, -0.1) is 0 Å². The van der Waals surface area contributed by atoms with Crippen molar-refractivity contribution >= 4 is 5.97 Å². The van der Waals surface area contributed by atoms with Gasteiger partial charge < -0.3 is 10.5 Å². The van der Waals surface area contributed by atoms with E-state index >= 15 is 0 Å². The predicted molar refractivity (Wildman–Crippen MR) is 59.0 cm³/mol. The quantitative estimate of drug-likeness (QED) is 0.671. The van der Waals surface area contributed by atoms with Gasteiger partial charge in [-0.3, -0.25) is 4.79 Å². The van der Waals surface area contributed by atoms with Gasteiger partial charge in [-0.1, -0.05) is 0 Å². The average molecular weight is 261 g/mol. The van der Waals surface area contributed by atoms with Crippen molar-refractivity contribution in [3.8, 4) is 0 Å². The van der Waals surface area contributed by atoms with E-state index in [1.54, 1.807) is 0 Å². The first kappa shape index (κ1) is 14.5. The number of hydrogen-bond acceptors (Lipinski definition) is 3. The topological polar surface area (TPSA) is 52.3 Å². The van der Waals surface area contributed by atoms with Crippen LogP contribution in [0.5, 0.6) is 0 Å². The number of carbonyl (C=O) groups is 1. The highest BCUT2D eigenvalue weighted by molar-refractivity contribution is 5.77. The van der Waals surface area contributed by atoms with Crippen LogP contribution in [0.1, 0.15) is 25.5 Å². The standard InChI is InChI=1S/C12H14F3NO2/c1-12(2,11(17)18-3)10(16)7-4-6(13)5-8(14)9(7)15/h4-5,10H,16H2,1-3H3/t10-/m1/s1. The minimum absolute atomic E-state index is 0.400. The van der Waals surface area contributed by atoms with Crippen molar-refractivity contribution in [2.24, 2.45) is 11.1 Å². The molecule has 2 N–H and O–H groups in total. The molecule has 0 aliphatic rings. The Bertz CT molecular complexity index is 475. The van der Waals surface area contributed by atoms with Crippen molar-refractivity contribution in [2.45, 2.75) is 19.9 Å². The van der Waals surface area contributed by atoms with Gasteiger partial charge in [0.05, 0.1) is 12.5 Å². The van der Waals surface area contributed by atoms with E-state index in [1.807, 2.05) is 0 Å². The molecule has 1 aromatic rings. The lowest BCUT2D eigenvalue weighted by Gasteiger charge is -2.29. The van der Waals surface area contributed by atoms with Crippen molar-refractivity contribution < 1.29 is 22.7 Å². The van der Waals surface area contributed by atoms with Crippen LogP contribution in [0.3, 0.4) is 0 Å². The van der Waals surface area contributed by atoms with Crippen LogP contribution in [-0.2, 0) is 9.53 Å². The van der Waals surface area contributed by atoms with Crippen LogP contribution in [-0.4, -0.2) is 13.1 Å². The summed E-state index contributed by atoms with van der Waals surface area (Å²) in [7, 11) is 1.15. The lowest BCUT2D eigenvalue weighted by atomic mass is 9.81. The highest BCUT2D eigenvalue weighted by atomic mass is 19.2. The van der Waals surface area contributed by atoms with Gasteiger partial charge in [-0.25, -0.2) is 13.2 Å². The predicted octanol–water partition coefficient (Wildman–Crippen LogP) is 2.30. The van der Waals surface area contributed by atoms with E-state index in [9.17, 15) is 18.0 Å². The number of ether oxygens (including phenoxy) is 1. The van der Waals surface area contributed by atoms with Crippen molar-refractivity contribution in [2.75, 3.05) is 7.11 Å². The summed E-state index contributed by atoms with van der Waals surface area (Å²) in [6.07, 6.45) is 0. The van der Waals surface area contributed by atoms with Crippen molar-refractivity contribution in [3.05, 3.63) is 35.1 Å². The van der Waals surface area contributed by atoms with Crippen molar-refractivity contribution in [1.29, 1.82) is 0 Å². The molecule has 1 rings (SSSR count). The second-order valence-corrected chi connectivity index (χ2v) is 4.48. The Morgan fingerprint density at radius 3 is 2.39 bits per heavy atom. The molecule has 0 fully saturated rings. The van der Waals surface area contributed by atoms with E-state index in [0.717, 1.165) is 13.2 Å². The average Bonchev–Trinajstić information content (AvgIpc) is 2.31. The first-order valence-electron chi connectivity index (χ1n) is 5.20. The molecular formula is C12H14F3NO2. The molecule has 0 heterocycles. The maximum atomic E-state index is 13.6. The van der Waals surface area contributed by atoms with E-state index in [0.29, 0.717) is 6.07 Å². The molecule has 0 aromatic heterocycles. The molecule has 3 nitrogen and oxygen atoms in total. The van der Waals surface area contributed by atoms with Gasteiger partial charge in [0.2, 0.25) is 0 Å². The molecule has 0 amide bonds. The Morgan fingerprint density at radius 1 is 1.33 bits per heavy atom. The van der Waals surface area contributed by atoms with Gasteiger partial charge in [0.1, 0.15) is 5.82 Å². The zero-order chi connectivity index (χ0) is 14.1. The molecule has 0 aliphatic heterocycles. The largest absolute Gasteiger partial charge is 0.469 e. The highest BCUT2D eigenvalue weighted by Gasteiger charge is 2.38. The summed E-state index contributed by atoms with van der Waals surface area (Å²) in [5, 5.41) is 0. The molecule has 0 saturated carbocycles. The molecule has 0 saturated heterocycles. The number of methoxy groups -OCH3 is 1. The minimum atomic E-state index is -1.35. The number of benzene rings is 1. The fraction of sp³-hybridized carbons (Fsp3) is 0.417. The molecule has 0 aliphatic carbocycles. The second kappa shape index (κ2) is 4.97. The number of nitrogens with two attached hydrogens (primary N) is 1. The monoisotopic (exact) mass is 261 g/mol. The van der Waals surface area contributed by atoms with E-state index in [-0.39, 0.29) is 0 Å². The second-order valence-electron chi connectivity index (χ2n) is 4.48. The number of hydrogen-bond donors (Lipinski definition) is 1. The van der Waals surface area contributed by atoms with E-state index < -0.39 is 40.4 Å². The molecule has 18 heavy (non-hydrogen) atoms. The number of esters is 1. The zero-order valence-electron chi connectivity index (χ0n) is 10.3. The summed E-state index contributed by atoms with van der Waals surface area (Å²) in [6.45, 7) is 2.82. The molecule has 1 aromatic carbocycles. The number of halogens is 3. The maximum Gasteiger partial charge on any atom is 0.313 e. The van der Waals surface area contributed by atoms with E-state index in [4.69, 9.17) is 5.73 Å². The summed E-state index contributed by atoms with van der Waals surface area (Å²) in [4.78, 5) is 11.5. The molecular weight excluding hydrogens is 247 g/mol. The highest BCUT2D eigenvalue weighted by Crippen LogP contribution is 2.34. The van der Waals surface area contributed by atoms with Gasteiger partial charge in [-0.05, 0) is 19.9 Å². The van der Waals surface area contributed by atoms with Crippen molar-refractivity contribution in [3.63, 3.8) is 0 Å². The summed E-state index contributed by atoms with van der Waals surface area (Å²) < 4.78 is 44.2. The van der Waals surface area contributed by atoms with Crippen LogP contribution in [0.4, 0.5) is 13.2 Å². The van der Waals surface area contributed by atoms with Gasteiger partial charge in [0.15, 0.2) is 11.6 Å². The van der Waals surface area contributed by atoms with Crippen molar-refractivity contribution in [1.82, 2.24) is 0 Å². The zero-order valence-corrected chi connectivity index (χ0v) is 10.3. The Hall–Kier alpha value is -1.56. The van der Waals surface area contributed by atoms with Crippen LogP contribution in [0.25, 0.3) is 0 Å². The fourth-order valence-corrected chi connectivity index (χ4v) is 1.58. The lowest BCUT2D eigenvalue weighted by molar-refractivity contribution is -0.152. The molecule has 0 radical (unpaired) electrons. The summed E-state index contributed by atoms with van der Waals surface area (Å²) in [5.41, 5.74) is 4.00. The Balaban J connectivity index is 3.26. The third-order valence-corrected chi connectivity index (χ3v) is 2.85. The van der Waals surface area contributed by atoms with Crippen LogP contribution in [0.2, 0.25) is 0 Å². The van der Waals surface area contributed by atoms with Crippen LogP contribution < -0.4 is 5.73 Å². The van der Waals surface area contributed by atoms with Gasteiger partial charge in [0, 0.05) is 17.7 Å². The first-order valence-corrected chi connectivity index (χ1v) is 5.20. The first-order chi connectivity index (χ1) is 8.21. The summed E-state index contributed by atoms with van der Waals surface area (Å²) in [5.74, 6) is -4.26. The third-order valence-electron chi connectivity index (χ3n) is 2.85. The van der Waals surface area contributed by atoms with Gasteiger partial charge in [-0.2, -0.15) is 0 Å². The van der Waals surface area contributed by atoms with Crippen LogP contribution in [0.15, 0.2) is 12.1 Å². The summed E-state index contributed by atoms with van der Waals surface area (Å²) >= 11 is 0. The Morgan fingerprint density at radius 2 is 1.89 bits per heavy atom. The number of carbonyl (C=O) groups excluding carboxylic acids is 1. The molecule has 0 unspecified atom stereocenters. The lowest BCUT2D eigenvalue weighted by Crippen LogP contribution is -2.38. The SMILES string of the molecule is COC(=O)C(C)(C)[C@H](N)c1cc(F)cc(F)c1F. The molecule has 0 spiro atoms.